The molecule has 0 aliphatic carbocycles. The number of piperidine rings is 2. The van der Waals surface area contributed by atoms with Crippen LogP contribution in [0, 0.1) is 13.8 Å². The molecule has 254 valence electrons. The van der Waals surface area contributed by atoms with Gasteiger partial charge in [0.15, 0.2) is 6.10 Å². The molecule has 47 heavy (non-hydrogen) atoms. The number of carbonyl (C=O) groups is 3. The van der Waals surface area contributed by atoms with Crippen LogP contribution in [0.25, 0.3) is 0 Å². The minimum absolute atomic E-state index is 0.00925. The van der Waals surface area contributed by atoms with E-state index in [0.29, 0.717) is 45.6 Å². The first-order chi connectivity index (χ1) is 22.6. The predicted octanol–water partition coefficient (Wildman–Crippen LogP) is 4.32. The molecule has 0 bridgehead atoms. The van der Waals surface area contributed by atoms with Crippen LogP contribution in [0.2, 0.25) is 0 Å². The number of ether oxygens (including phenoxy) is 2. The van der Waals surface area contributed by atoms with Gasteiger partial charge in [0.05, 0.1) is 13.2 Å². The highest BCUT2D eigenvalue weighted by Gasteiger charge is 2.40. The molecule has 3 saturated heterocycles. The summed E-state index contributed by atoms with van der Waals surface area (Å²) < 4.78 is 11.6. The molecule has 4 aliphatic heterocycles. The molecule has 4 amide bonds. The van der Waals surface area contributed by atoms with Crippen LogP contribution in [0.4, 0.5) is 15.3 Å². The van der Waals surface area contributed by atoms with E-state index in [1.54, 1.807) is 4.90 Å². The van der Waals surface area contributed by atoms with Crippen LogP contribution in [0.15, 0.2) is 36.4 Å². The van der Waals surface area contributed by atoms with Crippen molar-refractivity contribution in [2.45, 2.75) is 77.0 Å². The number of hydrogen-bond acceptors (Lipinski definition) is 7. The zero-order valence-electron chi connectivity index (χ0n) is 28.0. The minimum Gasteiger partial charge on any atom is -0.507 e. The van der Waals surface area contributed by atoms with Gasteiger partial charge in [-0.05, 0) is 81.2 Å². The van der Waals surface area contributed by atoms with E-state index in [4.69, 9.17) is 9.47 Å². The molecule has 11 heteroatoms. The highest BCUT2D eigenvalue weighted by atomic mass is 16.6. The van der Waals surface area contributed by atoms with E-state index in [0.717, 1.165) is 73.5 Å². The fourth-order valence-electron chi connectivity index (χ4n) is 7.68. The molecule has 4 aliphatic rings. The number of aryl methyl sites for hydroxylation is 2. The molecule has 0 radical (unpaired) electrons. The molecule has 1 atom stereocenters. The third-order valence-corrected chi connectivity index (χ3v) is 10.7. The van der Waals surface area contributed by atoms with Gasteiger partial charge in [-0.3, -0.25) is 9.69 Å². The molecule has 6 rings (SSSR count). The molecule has 1 unspecified atom stereocenters. The summed E-state index contributed by atoms with van der Waals surface area (Å²) in [5, 5.41) is 13.4. The van der Waals surface area contributed by atoms with Gasteiger partial charge in [0.2, 0.25) is 0 Å². The molecule has 2 aromatic rings. The maximum absolute atomic E-state index is 14.1. The zero-order chi connectivity index (χ0) is 33.1. The highest BCUT2D eigenvalue weighted by Crippen LogP contribution is 2.31. The SMILES string of the molecule is Cc1cc(CC(OC(=O)N2CCC(N3CCc4ccccc4NC3=O)CC2)C(=O)N2CCC(C)(N3CCOCC3)CC2)cc(C)c1O. The van der Waals surface area contributed by atoms with Crippen molar-refractivity contribution in [3.05, 3.63) is 58.7 Å². The summed E-state index contributed by atoms with van der Waals surface area (Å²) in [5.41, 5.74) is 4.27. The molecule has 0 saturated carbocycles. The second kappa shape index (κ2) is 14.1. The van der Waals surface area contributed by atoms with Gasteiger partial charge in [0.1, 0.15) is 5.75 Å². The minimum atomic E-state index is -0.980. The quantitative estimate of drug-likeness (QED) is 0.480. The van der Waals surface area contributed by atoms with E-state index < -0.39 is 12.2 Å². The second-order valence-electron chi connectivity index (χ2n) is 13.8. The fraction of sp³-hybridized carbons (Fsp3) is 0.583. The Hall–Kier alpha value is -3.83. The normalized spacial score (nSPS) is 21.4. The maximum atomic E-state index is 14.1. The number of aromatic hydroxyl groups is 1. The number of fused-ring (bicyclic) bond motifs is 1. The third-order valence-electron chi connectivity index (χ3n) is 10.7. The van der Waals surface area contributed by atoms with Gasteiger partial charge in [-0.2, -0.15) is 0 Å². The van der Waals surface area contributed by atoms with Crippen LogP contribution in [-0.2, 0) is 27.1 Å². The maximum Gasteiger partial charge on any atom is 0.410 e. The summed E-state index contributed by atoms with van der Waals surface area (Å²) >= 11 is 0. The van der Waals surface area contributed by atoms with Gasteiger partial charge in [-0.15, -0.1) is 0 Å². The molecule has 3 fully saturated rings. The van der Waals surface area contributed by atoms with Gasteiger partial charge < -0.3 is 34.6 Å². The summed E-state index contributed by atoms with van der Waals surface area (Å²) in [5.74, 6) is 0.0540. The average Bonchev–Trinajstić information content (AvgIpc) is 3.25. The van der Waals surface area contributed by atoms with Gasteiger partial charge in [-0.1, -0.05) is 30.3 Å². The molecule has 2 N–H and O–H groups in total. The zero-order valence-corrected chi connectivity index (χ0v) is 28.0. The van der Waals surface area contributed by atoms with E-state index >= 15 is 0 Å². The van der Waals surface area contributed by atoms with Gasteiger partial charge in [0.25, 0.3) is 5.91 Å². The Morgan fingerprint density at radius 1 is 0.979 bits per heavy atom. The Labute approximate surface area is 277 Å². The number of phenolic OH excluding ortho intramolecular Hbond substituents is 1. The number of para-hydroxylation sites is 1. The number of nitrogens with one attached hydrogen (secondary N) is 1. The molecule has 4 heterocycles. The van der Waals surface area contributed by atoms with Gasteiger partial charge in [-0.25, -0.2) is 9.59 Å². The fourth-order valence-corrected chi connectivity index (χ4v) is 7.68. The number of benzene rings is 2. The van der Waals surface area contributed by atoms with Crippen LogP contribution in [0.1, 0.15) is 54.9 Å². The van der Waals surface area contributed by atoms with Crippen LogP contribution >= 0.6 is 0 Å². The molecule has 0 spiro atoms. The summed E-state index contributed by atoms with van der Waals surface area (Å²) in [6.45, 7) is 11.9. The van der Waals surface area contributed by atoms with Crippen LogP contribution in [0.3, 0.4) is 0 Å². The largest absolute Gasteiger partial charge is 0.507 e. The number of hydrogen-bond donors (Lipinski definition) is 2. The summed E-state index contributed by atoms with van der Waals surface area (Å²) in [6, 6.07) is 11.5. The Balaban J connectivity index is 1.10. The number of urea groups is 1. The lowest BCUT2D eigenvalue weighted by atomic mass is 9.87. The Kier molecular flexibility index (Phi) is 9.93. The standard InChI is InChI=1S/C36H49N5O6/c1-25-22-27(23-26(2)32(25)42)24-31(33(43)38-16-11-36(3,12-17-38)40-18-20-46-21-19-40)47-35(45)39-13-9-29(10-14-39)41-15-8-28-6-4-5-7-30(28)37-34(41)44/h4-7,22-23,29,31,42H,8-21,24H2,1-3H3,(H,37,44). The summed E-state index contributed by atoms with van der Waals surface area (Å²) in [4.78, 5) is 48.6. The van der Waals surface area contributed by atoms with Crippen molar-refractivity contribution >= 4 is 23.7 Å². The second-order valence-corrected chi connectivity index (χ2v) is 13.8. The van der Waals surface area contributed by atoms with Gasteiger partial charge >= 0.3 is 12.1 Å². The van der Waals surface area contributed by atoms with Gasteiger partial charge in [0, 0.05) is 69.5 Å². The number of amides is 4. The van der Waals surface area contributed by atoms with Crippen molar-refractivity contribution in [3.63, 3.8) is 0 Å². The monoisotopic (exact) mass is 647 g/mol. The van der Waals surface area contributed by atoms with E-state index in [-0.39, 0.29) is 35.7 Å². The number of rotatable bonds is 6. The van der Waals surface area contributed by atoms with Crippen molar-refractivity contribution in [3.8, 4) is 5.75 Å². The third kappa shape index (κ3) is 7.36. The van der Waals surface area contributed by atoms with Crippen LogP contribution in [-0.4, -0.2) is 119 Å². The Morgan fingerprint density at radius 2 is 1.64 bits per heavy atom. The number of phenols is 1. The molecule has 0 aromatic heterocycles. The van der Waals surface area contributed by atoms with Crippen molar-refractivity contribution in [2.24, 2.45) is 0 Å². The topological polar surface area (TPSA) is 115 Å². The molecule has 2 aromatic carbocycles. The van der Waals surface area contributed by atoms with E-state index in [9.17, 15) is 19.5 Å². The van der Waals surface area contributed by atoms with E-state index in [2.05, 4.69) is 17.1 Å². The lowest BCUT2D eigenvalue weighted by Crippen LogP contribution is -2.58. The lowest BCUT2D eigenvalue weighted by molar-refractivity contribution is -0.144. The van der Waals surface area contributed by atoms with Crippen molar-refractivity contribution < 1.29 is 29.0 Å². The Bertz CT molecular complexity index is 1440. The first-order valence-electron chi connectivity index (χ1n) is 17.1. The summed E-state index contributed by atoms with van der Waals surface area (Å²) in [7, 11) is 0. The van der Waals surface area contributed by atoms with Crippen molar-refractivity contribution in [1.82, 2.24) is 19.6 Å². The Morgan fingerprint density at radius 3 is 2.32 bits per heavy atom. The van der Waals surface area contributed by atoms with E-state index in [1.807, 2.05) is 60.0 Å². The molecular weight excluding hydrogens is 598 g/mol. The number of anilines is 1. The lowest BCUT2D eigenvalue weighted by Gasteiger charge is -2.48. The summed E-state index contributed by atoms with van der Waals surface area (Å²) in [6.07, 6.45) is 2.50. The number of likely N-dealkylation sites (tertiary alicyclic amines) is 2. The molecular formula is C36H49N5O6. The first-order valence-corrected chi connectivity index (χ1v) is 17.1. The van der Waals surface area contributed by atoms with Crippen molar-refractivity contribution in [1.29, 1.82) is 0 Å². The predicted molar refractivity (Wildman–Crippen MR) is 179 cm³/mol. The smallest absolute Gasteiger partial charge is 0.410 e. The van der Waals surface area contributed by atoms with Crippen molar-refractivity contribution in [2.75, 3.05) is 64.3 Å². The van der Waals surface area contributed by atoms with Crippen LogP contribution in [0.5, 0.6) is 5.75 Å². The van der Waals surface area contributed by atoms with E-state index in [1.165, 1.54) is 0 Å². The number of carbonyl (C=O) groups excluding carboxylic acids is 3. The number of morpholine rings is 1. The molecule has 11 nitrogen and oxygen atoms in total. The highest BCUT2D eigenvalue weighted by molar-refractivity contribution is 5.91. The van der Waals surface area contributed by atoms with Crippen LogP contribution < -0.4 is 5.32 Å². The average molecular weight is 648 g/mol. The number of nitrogens with zero attached hydrogens (tertiary/aromatic N) is 4. The first kappa shape index (κ1) is 33.1.